The van der Waals surface area contributed by atoms with Gasteiger partial charge in [0, 0.05) is 6.42 Å². The Bertz CT molecular complexity index is 635. The average Bonchev–Trinajstić information content (AvgIpc) is 2.56. The van der Waals surface area contributed by atoms with Crippen LogP contribution in [0.15, 0.2) is 54.6 Å². The Morgan fingerprint density at radius 1 is 1.14 bits per heavy atom. The lowest BCUT2D eigenvalue weighted by atomic mass is 9.87. The maximum absolute atomic E-state index is 12.4. The molecule has 2 aromatic rings. The van der Waals surface area contributed by atoms with Crippen molar-refractivity contribution in [3.8, 4) is 0 Å². The van der Waals surface area contributed by atoms with Crippen LogP contribution in [0, 0.1) is 0 Å². The number of aryl methyl sites for hydroxylation is 1. The van der Waals surface area contributed by atoms with Crippen LogP contribution in [-0.2, 0) is 11.2 Å². The van der Waals surface area contributed by atoms with E-state index in [1.54, 1.807) is 0 Å². The number of hydrogen-bond acceptors (Lipinski definition) is 1. The highest BCUT2D eigenvalue weighted by Crippen LogP contribution is 2.30. The van der Waals surface area contributed by atoms with Crippen molar-refractivity contribution in [3.63, 3.8) is 0 Å². The maximum Gasteiger partial charge on any atom is 0.221 e. The fourth-order valence-corrected chi connectivity index (χ4v) is 3.33. The Balaban J connectivity index is 1.63. The summed E-state index contributed by atoms with van der Waals surface area (Å²) in [6.45, 7) is 2.11. The van der Waals surface area contributed by atoms with Crippen LogP contribution in [-0.4, -0.2) is 5.91 Å². The molecule has 22 heavy (non-hydrogen) atoms. The quantitative estimate of drug-likeness (QED) is 0.891. The molecule has 3 rings (SSSR count). The van der Waals surface area contributed by atoms with E-state index in [4.69, 9.17) is 0 Å². The maximum atomic E-state index is 12.4. The molecular formula is C20H23NO. The van der Waals surface area contributed by atoms with Crippen molar-refractivity contribution in [2.24, 2.45) is 0 Å². The molecule has 114 valence electrons. The van der Waals surface area contributed by atoms with Crippen molar-refractivity contribution in [1.82, 2.24) is 5.32 Å². The third-order valence-corrected chi connectivity index (χ3v) is 4.56. The number of rotatable bonds is 4. The van der Waals surface area contributed by atoms with E-state index in [1.807, 2.05) is 18.2 Å². The lowest BCUT2D eigenvalue weighted by Crippen LogP contribution is -2.31. The van der Waals surface area contributed by atoms with Crippen LogP contribution in [0.3, 0.4) is 0 Å². The largest absolute Gasteiger partial charge is 0.349 e. The van der Waals surface area contributed by atoms with Crippen LogP contribution < -0.4 is 5.32 Å². The second-order valence-electron chi connectivity index (χ2n) is 6.23. The minimum Gasteiger partial charge on any atom is -0.349 e. The van der Waals surface area contributed by atoms with Gasteiger partial charge in [0.15, 0.2) is 0 Å². The van der Waals surface area contributed by atoms with Crippen LogP contribution in [0.25, 0.3) is 0 Å². The van der Waals surface area contributed by atoms with Gasteiger partial charge < -0.3 is 5.32 Å². The van der Waals surface area contributed by atoms with E-state index in [9.17, 15) is 4.79 Å². The molecule has 0 saturated carbocycles. The van der Waals surface area contributed by atoms with Crippen LogP contribution in [0.5, 0.6) is 0 Å². The van der Waals surface area contributed by atoms with Crippen LogP contribution in [0.2, 0.25) is 0 Å². The summed E-state index contributed by atoms with van der Waals surface area (Å²) >= 11 is 0. The molecule has 0 spiro atoms. The SMILES string of the molecule is C[C@H](CC(=O)N[C@@H]1CCCc2ccccc21)c1ccccc1. The average molecular weight is 293 g/mol. The molecule has 0 aliphatic heterocycles. The van der Waals surface area contributed by atoms with Crippen LogP contribution >= 0.6 is 0 Å². The molecule has 2 nitrogen and oxygen atoms in total. The Kier molecular flexibility index (Phi) is 4.57. The van der Waals surface area contributed by atoms with Gasteiger partial charge in [0.2, 0.25) is 5.91 Å². The number of carbonyl (C=O) groups is 1. The molecule has 1 N–H and O–H groups in total. The van der Waals surface area contributed by atoms with Gasteiger partial charge in [-0.3, -0.25) is 4.79 Å². The molecule has 2 heteroatoms. The van der Waals surface area contributed by atoms with Crippen LogP contribution in [0.4, 0.5) is 0 Å². The van der Waals surface area contributed by atoms with E-state index in [-0.39, 0.29) is 17.9 Å². The smallest absolute Gasteiger partial charge is 0.221 e. The Morgan fingerprint density at radius 3 is 2.68 bits per heavy atom. The lowest BCUT2D eigenvalue weighted by Gasteiger charge is -2.27. The fraction of sp³-hybridized carbons (Fsp3) is 0.350. The topological polar surface area (TPSA) is 29.1 Å². The number of nitrogens with one attached hydrogen (secondary N) is 1. The van der Waals surface area contributed by atoms with Gasteiger partial charge in [-0.1, -0.05) is 61.5 Å². The van der Waals surface area contributed by atoms with Gasteiger partial charge in [-0.15, -0.1) is 0 Å². The van der Waals surface area contributed by atoms with E-state index in [0.717, 1.165) is 19.3 Å². The molecule has 0 saturated heterocycles. The Hall–Kier alpha value is -2.09. The van der Waals surface area contributed by atoms with Crippen molar-refractivity contribution in [3.05, 3.63) is 71.3 Å². The van der Waals surface area contributed by atoms with Gasteiger partial charge in [-0.05, 0) is 41.9 Å². The molecular weight excluding hydrogens is 270 g/mol. The molecule has 0 fully saturated rings. The molecule has 0 bridgehead atoms. The van der Waals surface area contributed by atoms with Crippen molar-refractivity contribution in [1.29, 1.82) is 0 Å². The minimum absolute atomic E-state index is 0.151. The highest BCUT2D eigenvalue weighted by Gasteiger charge is 2.22. The summed E-state index contributed by atoms with van der Waals surface area (Å²) < 4.78 is 0. The number of benzene rings is 2. The monoisotopic (exact) mass is 293 g/mol. The van der Waals surface area contributed by atoms with Gasteiger partial charge in [0.1, 0.15) is 0 Å². The number of hydrogen-bond donors (Lipinski definition) is 1. The summed E-state index contributed by atoms with van der Waals surface area (Å²) in [7, 11) is 0. The Morgan fingerprint density at radius 2 is 1.86 bits per heavy atom. The van der Waals surface area contributed by atoms with Crippen molar-refractivity contribution in [2.45, 2.75) is 44.6 Å². The molecule has 2 atom stereocenters. The summed E-state index contributed by atoms with van der Waals surface area (Å²) in [5.74, 6) is 0.401. The second kappa shape index (κ2) is 6.78. The normalized spacial score (nSPS) is 18.3. The van der Waals surface area contributed by atoms with Gasteiger partial charge in [0.05, 0.1) is 6.04 Å². The summed E-state index contributed by atoms with van der Waals surface area (Å²) in [5, 5.41) is 3.24. The highest BCUT2D eigenvalue weighted by molar-refractivity contribution is 5.77. The molecule has 0 heterocycles. The number of amides is 1. The first-order valence-corrected chi connectivity index (χ1v) is 8.16. The summed E-state index contributed by atoms with van der Waals surface area (Å²) in [6.07, 6.45) is 3.87. The first kappa shape index (κ1) is 14.8. The molecule has 0 radical (unpaired) electrons. The third kappa shape index (κ3) is 3.38. The molecule has 1 amide bonds. The number of fused-ring (bicyclic) bond motifs is 1. The van der Waals surface area contributed by atoms with Gasteiger partial charge in [-0.2, -0.15) is 0 Å². The zero-order valence-corrected chi connectivity index (χ0v) is 13.1. The van der Waals surface area contributed by atoms with E-state index in [2.05, 4.69) is 48.6 Å². The van der Waals surface area contributed by atoms with Gasteiger partial charge in [-0.25, -0.2) is 0 Å². The van der Waals surface area contributed by atoms with Gasteiger partial charge in [0.25, 0.3) is 0 Å². The van der Waals surface area contributed by atoms with Crippen molar-refractivity contribution >= 4 is 5.91 Å². The van der Waals surface area contributed by atoms with E-state index >= 15 is 0 Å². The van der Waals surface area contributed by atoms with Crippen LogP contribution in [0.1, 0.15) is 54.8 Å². The van der Waals surface area contributed by atoms with E-state index in [0.29, 0.717) is 6.42 Å². The highest BCUT2D eigenvalue weighted by atomic mass is 16.1. The Labute approximate surface area is 132 Å². The van der Waals surface area contributed by atoms with Crippen molar-refractivity contribution in [2.75, 3.05) is 0 Å². The van der Waals surface area contributed by atoms with Gasteiger partial charge >= 0.3 is 0 Å². The predicted octanol–water partition coefficient (Wildman–Crippen LogP) is 4.37. The predicted molar refractivity (Wildman–Crippen MR) is 89.7 cm³/mol. The first-order chi connectivity index (χ1) is 10.7. The minimum atomic E-state index is 0.151. The van der Waals surface area contributed by atoms with Crippen molar-refractivity contribution < 1.29 is 4.79 Å². The molecule has 0 aromatic heterocycles. The lowest BCUT2D eigenvalue weighted by molar-refractivity contribution is -0.122. The number of carbonyl (C=O) groups excluding carboxylic acids is 1. The zero-order valence-electron chi connectivity index (χ0n) is 13.1. The zero-order chi connectivity index (χ0) is 15.4. The van der Waals surface area contributed by atoms with E-state index in [1.165, 1.54) is 16.7 Å². The standard InChI is InChI=1S/C20H23NO/c1-15(16-8-3-2-4-9-16)14-20(22)21-19-13-7-11-17-10-5-6-12-18(17)19/h2-6,8-10,12,15,19H,7,11,13-14H2,1H3,(H,21,22)/t15-,19-/m1/s1. The third-order valence-electron chi connectivity index (χ3n) is 4.56. The summed E-state index contributed by atoms with van der Waals surface area (Å²) in [5.41, 5.74) is 3.91. The fourth-order valence-electron chi connectivity index (χ4n) is 3.33. The molecule has 2 aromatic carbocycles. The first-order valence-electron chi connectivity index (χ1n) is 8.16. The molecule has 0 unspecified atom stereocenters. The molecule has 1 aliphatic carbocycles. The molecule has 1 aliphatic rings. The van der Waals surface area contributed by atoms with E-state index < -0.39 is 0 Å². The summed E-state index contributed by atoms with van der Waals surface area (Å²) in [4.78, 5) is 12.4. The summed E-state index contributed by atoms with van der Waals surface area (Å²) in [6, 6.07) is 18.9. The second-order valence-corrected chi connectivity index (χ2v) is 6.23.